The predicted molar refractivity (Wildman–Crippen MR) is 95.4 cm³/mol. The first-order valence-corrected chi connectivity index (χ1v) is 10.8. The van der Waals surface area contributed by atoms with Crippen LogP contribution in [-0.4, -0.2) is 21.4 Å². The van der Waals surface area contributed by atoms with E-state index in [1.54, 1.807) is 38.1 Å². The summed E-state index contributed by atoms with van der Waals surface area (Å²) in [5.74, 6) is -0.581. The molecule has 130 valence electrons. The van der Waals surface area contributed by atoms with Crippen molar-refractivity contribution in [3.8, 4) is 0 Å². The van der Waals surface area contributed by atoms with Gasteiger partial charge in [-0.05, 0) is 44.0 Å². The van der Waals surface area contributed by atoms with Crippen LogP contribution in [0.15, 0.2) is 58.3 Å². The fourth-order valence-corrected chi connectivity index (χ4v) is 7.61. The lowest BCUT2D eigenvalue weighted by Crippen LogP contribution is -2.35. The molecule has 0 aromatic heterocycles. The lowest BCUT2D eigenvalue weighted by molar-refractivity contribution is 0.546. The second kappa shape index (κ2) is 6.69. The number of aryl methyl sites for hydroxylation is 2. The zero-order valence-corrected chi connectivity index (χ0v) is 15.9. The summed E-state index contributed by atoms with van der Waals surface area (Å²) in [6.07, 6.45) is 0. The predicted octanol–water partition coefficient (Wildman–Crippen LogP) is 3.53. The Labute approximate surface area is 144 Å². The molecule has 2 aromatic carbocycles. The van der Waals surface area contributed by atoms with Gasteiger partial charge >= 0.3 is 0 Å². The molecule has 6 heteroatoms. The molecular formula is C18H22O4S2. The molecule has 0 atom stereocenters. The molecule has 0 unspecified atom stereocenters. The third-order valence-corrected chi connectivity index (χ3v) is 9.55. The summed E-state index contributed by atoms with van der Waals surface area (Å²) in [4.78, 5) is 0.0602. The van der Waals surface area contributed by atoms with Crippen LogP contribution >= 0.6 is 0 Å². The number of hydrogen-bond acceptors (Lipinski definition) is 4. The molecule has 0 spiro atoms. The summed E-state index contributed by atoms with van der Waals surface area (Å²) < 4.78 is 50.5. The second-order valence-corrected chi connectivity index (χ2v) is 10.8. The Balaban J connectivity index is 2.60. The largest absolute Gasteiger partial charge is 0.222 e. The zero-order valence-electron chi connectivity index (χ0n) is 14.2. The molecular weight excluding hydrogens is 344 g/mol. The Morgan fingerprint density at radius 2 is 0.917 bits per heavy atom. The van der Waals surface area contributed by atoms with Gasteiger partial charge in [-0.1, -0.05) is 49.2 Å². The maximum atomic E-state index is 13.0. The van der Waals surface area contributed by atoms with Gasteiger partial charge in [0.15, 0.2) is 24.3 Å². The van der Waals surface area contributed by atoms with Crippen molar-refractivity contribution in [1.29, 1.82) is 0 Å². The fourth-order valence-electron chi connectivity index (χ4n) is 2.61. The summed E-state index contributed by atoms with van der Waals surface area (Å²) in [5.41, 5.74) is 1.83. The topological polar surface area (TPSA) is 68.3 Å². The van der Waals surface area contributed by atoms with Crippen molar-refractivity contribution < 1.29 is 16.8 Å². The van der Waals surface area contributed by atoms with E-state index in [1.807, 2.05) is 13.8 Å². The molecule has 24 heavy (non-hydrogen) atoms. The minimum atomic E-state index is -4.02. The Morgan fingerprint density at radius 3 is 1.17 bits per heavy atom. The van der Waals surface area contributed by atoms with E-state index in [2.05, 4.69) is 0 Å². The van der Waals surface area contributed by atoms with Crippen molar-refractivity contribution in [2.45, 2.75) is 42.1 Å². The Bertz CT molecular complexity index is 832. The zero-order chi connectivity index (χ0) is 18.1. The molecule has 0 amide bonds. The Hall–Kier alpha value is -1.66. The van der Waals surface area contributed by atoms with Crippen molar-refractivity contribution in [2.24, 2.45) is 5.92 Å². The van der Waals surface area contributed by atoms with Crippen LogP contribution < -0.4 is 0 Å². The monoisotopic (exact) mass is 366 g/mol. The third kappa shape index (κ3) is 3.54. The van der Waals surface area contributed by atoms with Gasteiger partial charge in [-0.2, -0.15) is 0 Å². The van der Waals surface area contributed by atoms with Crippen LogP contribution in [0.1, 0.15) is 25.0 Å². The van der Waals surface area contributed by atoms with E-state index in [1.165, 1.54) is 24.3 Å². The molecule has 0 aliphatic heterocycles. The third-order valence-electron chi connectivity index (χ3n) is 3.86. The van der Waals surface area contributed by atoms with Gasteiger partial charge in [-0.25, -0.2) is 16.8 Å². The fraction of sp³-hybridized carbons (Fsp3) is 0.333. The van der Waals surface area contributed by atoms with Crippen LogP contribution in [0.25, 0.3) is 0 Å². The highest BCUT2D eigenvalue weighted by molar-refractivity contribution is 8.09. The van der Waals surface area contributed by atoms with E-state index in [4.69, 9.17) is 0 Å². The van der Waals surface area contributed by atoms with E-state index in [9.17, 15) is 16.8 Å². The van der Waals surface area contributed by atoms with Crippen molar-refractivity contribution in [1.82, 2.24) is 0 Å². The molecule has 0 saturated carbocycles. The quantitative estimate of drug-likeness (QED) is 0.812. The summed E-state index contributed by atoms with van der Waals surface area (Å²) in [6, 6.07) is 12.5. The first-order chi connectivity index (χ1) is 11.1. The van der Waals surface area contributed by atoms with Gasteiger partial charge in [0.05, 0.1) is 9.79 Å². The normalized spacial score (nSPS) is 12.8. The summed E-state index contributed by atoms with van der Waals surface area (Å²) in [7, 11) is -8.04. The number of sulfone groups is 2. The van der Waals surface area contributed by atoms with Gasteiger partial charge in [-0.3, -0.25) is 0 Å². The first-order valence-electron chi connectivity index (χ1n) is 7.68. The molecule has 0 radical (unpaired) electrons. The molecule has 0 bridgehead atoms. The highest BCUT2D eigenvalue weighted by atomic mass is 32.3. The van der Waals surface area contributed by atoms with E-state index in [0.29, 0.717) is 0 Å². The van der Waals surface area contributed by atoms with Gasteiger partial charge in [0.1, 0.15) is 0 Å². The van der Waals surface area contributed by atoms with Crippen molar-refractivity contribution in [3.63, 3.8) is 0 Å². The molecule has 0 aliphatic carbocycles. The minimum absolute atomic E-state index is 0.0301. The van der Waals surface area contributed by atoms with Gasteiger partial charge in [-0.15, -0.1) is 0 Å². The van der Waals surface area contributed by atoms with Crippen LogP contribution in [0.2, 0.25) is 0 Å². The Morgan fingerprint density at radius 1 is 0.625 bits per heavy atom. The maximum Gasteiger partial charge on any atom is 0.196 e. The number of hydrogen-bond donors (Lipinski definition) is 0. The van der Waals surface area contributed by atoms with Crippen LogP contribution in [-0.2, 0) is 19.7 Å². The van der Waals surface area contributed by atoms with Gasteiger partial charge in [0, 0.05) is 0 Å². The molecule has 4 nitrogen and oxygen atoms in total. The summed E-state index contributed by atoms with van der Waals surface area (Å²) >= 11 is 0. The maximum absolute atomic E-state index is 13.0. The van der Waals surface area contributed by atoms with Gasteiger partial charge < -0.3 is 0 Å². The SMILES string of the molecule is Cc1ccc(S(=O)(=O)C(C(C)C)S(=O)(=O)c2ccc(C)cc2)cc1. The summed E-state index contributed by atoms with van der Waals surface area (Å²) in [5, 5.41) is 0. The smallest absolute Gasteiger partial charge is 0.196 e. The molecule has 0 heterocycles. The van der Waals surface area contributed by atoms with Crippen LogP contribution in [0.4, 0.5) is 0 Å². The van der Waals surface area contributed by atoms with E-state index in [-0.39, 0.29) is 9.79 Å². The molecule has 0 fully saturated rings. The molecule has 0 N–H and O–H groups in total. The van der Waals surface area contributed by atoms with Gasteiger partial charge in [0.2, 0.25) is 0 Å². The van der Waals surface area contributed by atoms with Crippen LogP contribution in [0.3, 0.4) is 0 Å². The average Bonchev–Trinajstić information content (AvgIpc) is 2.47. The first kappa shape index (κ1) is 18.7. The average molecular weight is 367 g/mol. The van der Waals surface area contributed by atoms with Crippen LogP contribution in [0, 0.1) is 19.8 Å². The molecule has 0 aliphatic rings. The molecule has 0 saturated heterocycles. The van der Waals surface area contributed by atoms with Crippen molar-refractivity contribution >= 4 is 19.7 Å². The van der Waals surface area contributed by atoms with Crippen molar-refractivity contribution in [3.05, 3.63) is 59.7 Å². The highest BCUT2D eigenvalue weighted by Gasteiger charge is 2.42. The highest BCUT2D eigenvalue weighted by Crippen LogP contribution is 2.30. The lowest BCUT2D eigenvalue weighted by Gasteiger charge is -2.22. The molecule has 2 rings (SSSR count). The van der Waals surface area contributed by atoms with Gasteiger partial charge in [0.25, 0.3) is 0 Å². The Kier molecular flexibility index (Phi) is 5.20. The van der Waals surface area contributed by atoms with Crippen molar-refractivity contribution in [2.75, 3.05) is 0 Å². The van der Waals surface area contributed by atoms with E-state index >= 15 is 0 Å². The second-order valence-electron chi connectivity index (χ2n) is 6.33. The van der Waals surface area contributed by atoms with E-state index in [0.717, 1.165) is 11.1 Å². The molecule has 2 aromatic rings. The number of rotatable bonds is 5. The summed E-state index contributed by atoms with van der Waals surface area (Å²) in [6.45, 7) is 6.92. The minimum Gasteiger partial charge on any atom is -0.222 e. The van der Waals surface area contributed by atoms with E-state index < -0.39 is 30.2 Å². The van der Waals surface area contributed by atoms with Crippen LogP contribution in [0.5, 0.6) is 0 Å². The lowest BCUT2D eigenvalue weighted by atomic mass is 10.2. The number of benzene rings is 2. The standard InChI is InChI=1S/C18H22O4S2/c1-13(2)18(23(19,20)16-9-5-14(3)6-10-16)24(21,22)17-11-7-15(4)8-12-17/h5-13,18H,1-4H3.